The van der Waals surface area contributed by atoms with E-state index in [2.05, 4.69) is 30.7 Å². The van der Waals surface area contributed by atoms with E-state index in [0.29, 0.717) is 16.3 Å². The summed E-state index contributed by atoms with van der Waals surface area (Å²) in [7, 11) is -5.17. The molecule has 1 heterocycles. The van der Waals surface area contributed by atoms with Crippen LogP contribution < -0.4 is 10.0 Å². The number of aromatic nitrogens is 4. The van der Waals surface area contributed by atoms with Crippen molar-refractivity contribution < 1.29 is 17.4 Å². The lowest BCUT2D eigenvalue weighted by Gasteiger charge is -2.08. The number of benzene rings is 2. The molecule has 13 heteroatoms. The number of hydrogen-bond donors (Lipinski definition) is 3. The minimum Gasteiger partial charge on any atom is -0.291 e. The minimum atomic E-state index is -3.62. The first-order chi connectivity index (χ1) is 14.3. The van der Waals surface area contributed by atoms with Gasteiger partial charge < -0.3 is 0 Å². The molecule has 1 amide bonds. The Kier molecular flexibility index (Phi) is 7.26. The van der Waals surface area contributed by atoms with Crippen LogP contribution in [0.4, 0.5) is 5.95 Å². The maximum atomic E-state index is 12.3. The van der Waals surface area contributed by atoms with E-state index in [4.69, 9.17) is 11.6 Å². The molecular formula is C17H17ClN6O4S2. The second kappa shape index (κ2) is 9.89. The highest BCUT2D eigenvalue weighted by atomic mass is 35.5. The monoisotopic (exact) mass is 468 g/mol. The predicted molar refractivity (Wildman–Crippen MR) is 111 cm³/mol. The number of aromatic amines is 1. The van der Waals surface area contributed by atoms with Gasteiger partial charge in [-0.2, -0.15) is 5.21 Å². The Morgan fingerprint density at radius 1 is 1.10 bits per heavy atom. The molecule has 0 fully saturated rings. The molecule has 30 heavy (non-hydrogen) atoms. The van der Waals surface area contributed by atoms with Crippen molar-refractivity contribution in [3.63, 3.8) is 0 Å². The summed E-state index contributed by atoms with van der Waals surface area (Å²) in [6, 6.07) is 12.6. The van der Waals surface area contributed by atoms with Gasteiger partial charge in [0.15, 0.2) is 0 Å². The maximum Gasteiger partial charge on any atom is 0.269 e. The minimum absolute atomic E-state index is 0.00778. The summed E-state index contributed by atoms with van der Waals surface area (Å²) in [6.07, 6.45) is 0.443. The number of tetrazole rings is 1. The second-order valence-corrected chi connectivity index (χ2v) is 9.67. The first-order valence-electron chi connectivity index (χ1n) is 8.59. The topological polar surface area (TPSA) is 147 Å². The second-order valence-electron chi connectivity index (χ2n) is 6.02. The Balaban J connectivity index is 1.49. The first-order valence-corrected chi connectivity index (χ1v) is 11.8. The van der Waals surface area contributed by atoms with Crippen LogP contribution >= 0.6 is 11.6 Å². The number of nitrogens with zero attached hydrogens (tertiary/aromatic N) is 3. The standard InChI is InChI=1S/C17H17ClN6O4S2/c18-13-3-7-15(8-4-13)30(27,28)19-10-9-12-1-5-14(6-2-12)29(26)11-16(25)20-17-21-23-24-22-17/h1-8,19H,9-11H2,(H2,20,21,22,23,24,25). The van der Waals surface area contributed by atoms with Crippen molar-refractivity contribution in [1.82, 2.24) is 25.3 Å². The number of H-pyrrole nitrogens is 1. The van der Waals surface area contributed by atoms with Gasteiger partial charge in [0.05, 0.1) is 15.7 Å². The third kappa shape index (κ3) is 6.16. The van der Waals surface area contributed by atoms with Crippen LogP contribution in [0, 0.1) is 0 Å². The number of hydrogen-bond acceptors (Lipinski definition) is 7. The molecule has 2 aromatic carbocycles. The van der Waals surface area contributed by atoms with Crippen LogP contribution in [0.3, 0.4) is 0 Å². The van der Waals surface area contributed by atoms with Crippen molar-refractivity contribution in [1.29, 1.82) is 0 Å². The van der Waals surface area contributed by atoms with Crippen LogP contribution in [0.15, 0.2) is 58.3 Å². The zero-order valence-electron chi connectivity index (χ0n) is 15.4. The van der Waals surface area contributed by atoms with Crippen molar-refractivity contribution in [2.75, 3.05) is 17.6 Å². The van der Waals surface area contributed by atoms with Gasteiger partial charge in [0.25, 0.3) is 5.95 Å². The van der Waals surface area contributed by atoms with E-state index in [1.54, 1.807) is 24.3 Å². The van der Waals surface area contributed by atoms with E-state index in [1.807, 2.05) is 0 Å². The van der Waals surface area contributed by atoms with Gasteiger partial charge in [0, 0.05) is 16.5 Å². The van der Waals surface area contributed by atoms with Gasteiger partial charge in [-0.25, -0.2) is 13.1 Å². The maximum absolute atomic E-state index is 12.3. The molecule has 0 saturated heterocycles. The Hall–Kier alpha value is -2.67. The summed E-state index contributed by atoms with van der Waals surface area (Å²) < 4.78 is 39.3. The van der Waals surface area contributed by atoms with Crippen molar-refractivity contribution in [3.8, 4) is 0 Å². The van der Waals surface area contributed by atoms with E-state index in [9.17, 15) is 17.4 Å². The van der Waals surface area contributed by atoms with Crippen LogP contribution in [-0.2, 0) is 32.0 Å². The van der Waals surface area contributed by atoms with Crippen LogP contribution in [0.2, 0.25) is 5.02 Å². The van der Waals surface area contributed by atoms with Gasteiger partial charge in [-0.3, -0.25) is 14.3 Å². The van der Waals surface area contributed by atoms with Gasteiger partial charge in [-0.15, -0.1) is 5.10 Å². The third-order valence-corrected chi connectivity index (χ3v) is 6.93. The lowest BCUT2D eigenvalue weighted by molar-refractivity contribution is -0.113. The molecule has 0 aliphatic carbocycles. The molecule has 0 aliphatic rings. The summed E-state index contributed by atoms with van der Waals surface area (Å²) in [6.45, 7) is 0.195. The highest BCUT2D eigenvalue weighted by Gasteiger charge is 2.14. The van der Waals surface area contributed by atoms with Crippen LogP contribution in [0.25, 0.3) is 0 Å². The SMILES string of the molecule is O=C(CS(=O)c1ccc(CCNS(=O)(=O)c2ccc(Cl)cc2)cc1)Nc1nn[nH]n1. The number of sulfonamides is 1. The van der Waals surface area contributed by atoms with E-state index < -0.39 is 26.7 Å². The smallest absolute Gasteiger partial charge is 0.269 e. The Morgan fingerprint density at radius 3 is 2.43 bits per heavy atom. The first kappa shape index (κ1) is 22.0. The Labute approximate surface area is 179 Å². The number of nitrogens with one attached hydrogen (secondary N) is 3. The summed E-state index contributed by atoms with van der Waals surface area (Å²) >= 11 is 5.77. The number of carbonyl (C=O) groups is 1. The lowest BCUT2D eigenvalue weighted by atomic mass is 10.2. The summed E-state index contributed by atoms with van der Waals surface area (Å²) in [5.41, 5.74) is 0.853. The fourth-order valence-electron chi connectivity index (χ4n) is 2.41. The highest BCUT2D eigenvalue weighted by Crippen LogP contribution is 2.14. The highest BCUT2D eigenvalue weighted by molar-refractivity contribution is 7.89. The van der Waals surface area contributed by atoms with E-state index in [-0.39, 0.29) is 23.1 Å². The summed E-state index contributed by atoms with van der Waals surface area (Å²) in [4.78, 5) is 12.4. The zero-order valence-corrected chi connectivity index (χ0v) is 17.8. The molecule has 10 nitrogen and oxygen atoms in total. The number of anilines is 1. The molecule has 1 atom stereocenters. The van der Waals surface area contributed by atoms with Gasteiger partial charge >= 0.3 is 0 Å². The summed E-state index contributed by atoms with van der Waals surface area (Å²) in [5, 5.41) is 15.5. The molecule has 1 unspecified atom stereocenters. The average Bonchev–Trinajstić information content (AvgIpc) is 3.21. The van der Waals surface area contributed by atoms with Crippen LogP contribution in [0.5, 0.6) is 0 Å². The molecule has 3 rings (SSSR count). The van der Waals surface area contributed by atoms with Gasteiger partial charge in [-0.05, 0) is 53.6 Å². The molecule has 0 saturated carbocycles. The fraction of sp³-hybridized carbons (Fsp3) is 0.176. The summed E-state index contributed by atoms with van der Waals surface area (Å²) in [5.74, 6) is -0.752. The van der Waals surface area contributed by atoms with E-state index >= 15 is 0 Å². The van der Waals surface area contributed by atoms with Crippen LogP contribution in [-0.4, -0.2) is 51.5 Å². The molecule has 3 N–H and O–H groups in total. The largest absolute Gasteiger partial charge is 0.291 e. The van der Waals surface area contributed by atoms with Gasteiger partial charge in [0.2, 0.25) is 15.9 Å². The van der Waals surface area contributed by atoms with E-state index in [1.165, 1.54) is 24.3 Å². The molecule has 0 spiro atoms. The molecule has 158 valence electrons. The molecule has 0 radical (unpaired) electrons. The quantitative estimate of drug-likeness (QED) is 0.426. The third-order valence-electron chi connectivity index (χ3n) is 3.87. The average molecular weight is 469 g/mol. The van der Waals surface area contributed by atoms with Crippen molar-refractivity contribution in [3.05, 3.63) is 59.1 Å². The van der Waals surface area contributed by atoms with Gasteiger partial charge in [-0.1, -0.05) is 28.8 Å². The molecule has 0 bridgehead atoms. The number of carbonyl (C=O) groups excluding carboxylic acids is 1. The lowest BCUT2D eigenvalue weighted by Crippen LogP contribution is -2.26. The van der Waals surface area contributed by atoms with E-state index in [0.717, 1.165) is 5.56 Å². The number of rotatable bonds is 9. The zero-order chi connectivity index (χ0) is 21.6. The van der Waals surface area contributed by atoms with Crippen LogP contribution in [0.1, 0.15) is 5.56 Å². The van der Waals surface area contributed by atoms with Crippen molar-refractivity contribution in [2.24, 2.45) is 0 Å². The number of halogens is 1. The molecule has 3 aromatic rings. The molecule has 0 aliphatic heterocycles. The number of amides is 1. The fourth-order valence-corrected chi connectivity index (χ4v) is 4.49. The normalized spacial score (nSPS) is 12.4. The Bertz CT molecular complexity index is 1120. The Morgan fingerprint density at radius 2 is 1.80 bits per heavy atom. The molecular weight excluding hydrogens is 452 g/mol. The van der Waals surface area contributed by atoms with Crippen molar-refractivity contribution in [2.45, 2.75) is 16.2 Å². The molecule has 1 aromatic heterocycles. The van der Waals surface area contributed by atoms with Gasteiger partial charge in [0.1, 0.15) is 5.75 Å². The predicted octanol–water partition coefficient (Wildman–Crippen LogP) is 1.12. The van der Waals surface area contributed by atoms with Crippen molar-refractivity contribution >= 4 is 44.3 Å².